The summed E-state index contributed by atoms with van der Waals surface area (Å²) in [7, 11) is -3.54. The minimum atomic E-state index is -3.54. The SMILES string of the molecule is CC1(NS(=O)(=O)c2cc(Cl)n3ncc(I)c3c2)CC1. The fraction of sp³-hybridized carbons (Fsp3) is 0.364. The fourth-order valence-electron chi connectivity index (χ4n) is 1.82. The van der Waals surface area contributed by atoms with Gasteiger partial charge in [0.15, 0.2) is 0 Å². The molecule has 0 saturated heterocycles. The Labute approximate surface area is 129 Å². The average Bonchev–Trinajstić information content (AvgIpc) is 2.89. The van der Waals surface area contributed by atoms with Crippen LogP contribution in [0.5, 0.6) is 0 Å². The topological polar surface area (TPSA) is 63.5 Å². The first-order chi connectivity index (χ1) is 8.81. The summed E-state index contributed by atoms with van der Waals surface area (Å²) in [6.07, 6.45) is 3.38. The molecule has 0 atom stereocenters. The van der Waals surface area contributed by atoms with Crippen molar-refractivity contribution >= 4 is 49.7 Å². The van der Waals surface area contributed by atoms with Crippen LogP contribution in [-0.4, -0.2) is 23.6 Å². The molecule has 2 heterocycles. The van der Waals surface area contributed by atoms with E-state index < -0.39 is 10.0 Å². The molecule has 2 aromatic heterocycles. The summed E-state index contributed by atoms with van der Waals surface area (Å²) in [5.74, 6) is 0. The first-order valence-corrected chi connectivity index (χ1v) is 8.62. The van der Waals surface area contributed by atoms with Crippen molar-refractivity contribution in [2.45, 2.75) is 30.2 Å². The molecule has 5 nitrogen and oxygen atoms in total. The number of halogens is 2. The fourth-order valence-corrected chi connectivity index (χ4v) is 4.15. The first-order valence-electron chi connectivity index (χ1n) is 5.68. The van der Waals surface area contributed by atoms with Gasteiger partial charge in [-0.3, -0.25) is 0 Å². The van der Waals surface area contributed by atoms with E-state index >= 15 is 0 Å². The molecule has 0 bridgehead atoms. The monoisotopic (exact) mass is 411 g/mol. The number of aromatic nitrogens is 2. The summed E-state index contributed by atoms with van der Waals surface area (Å²) in [6, 6.07) is 3.01. The van der Waals surface area contributed by atoms with Gasteiger partial charge in [0, 0.05) is 5.54 Å². The summed E-state index contributed by atoms with van der Waals surface area (Å²) in [5, 5.41) is 4.37. The summed E-state index contributed by atoms with van der Waals surface area (Å²) < 4.78 is 29.7. The lowest BCUT2D eigenvalue weighted by Gasteiger charge is -2.12. The van der Waals surface area contributed by atoms with Crippen molar-refractivity contribution < 1.29 is 8.42 Å². The van der Waals surface area contributed by atoms with E-state index in [1.807, 2.05) is 6.92 Å². The summed E-state index contributed by atoms with van der Waals surface area (Å²) in [5.41, 5.74) is 0.389. The zero-order valence-corrected chi connectivity index (χ0v) is 13.8. The molecule has 1 aliphatic carbocycles. The predicted molar refractivity (Wildman–Crippen MR) is 80.9 cm³/mol. The van der Waals surface area contributed by atoms with Crippen LogP contribution in [0.1, 0.15) is 19.8 Å². The molecule has 0 aliphatic heterocycles. The lowest BCUT2D eigenvalue weighted by molar-refractivity contribution is 0.558. The zero-order valence-electron chi connectivity index (χ0n) is 10.0. The van der Waals surface area contributed by atoms with Crippen LogP contribution in [0.15, 0.2) is 23.2 Å². The lowest BCUT2D eigenvalue weighted by atomic mass is 10.4. The van der Waals surface area contributed by atoms with Crippen molar-refractivity contribution in [3.8, 4) is 0 Å². The normalized spacial score (nSPS) is 17.8. The van der Waals surface area contributed by atoms with E-state index in [-0.39, 0.29) is 15.6 Å². The standard InChI is InChI=1S/C11H11ClIN3O2S/c1-11(2-3-11)15-19(17,18)7-4-9-8(13)6-14-16(9)10(12)5-7/h4-6,15H,2-3H2,1H3. The smallest absolute Gasteiger partial charge is 0.221 e. The highest BCUT2D eigenvalue weighted by atomic mass is 127. The maximum atomic E-state index is 12.3. The minimum Gasteiger partial charge on any atom is -0.221 e. The highest BCUT2D eigenvalue weighted by Crippen LogP contribution is 2.36. The summed E-state index contributed by atoms with van der Waals surface area (Å²) in [4.78, 5) is 0.177. The molecular formula is C11H11ClIN3O2S. The Balaban J connectivity index is 2.12. The summed E-state index contributed by atoms with van der Waals surface area (Å²) >= 11 is 8.17. The molecule has 1 aliphatic rings. The van der Waals surface area contributed by atoms with Crippen molar-refractivity contribution in [2.24, 2.45) is 0 Å². The Bertz CT molecular complexity index is 768. The van der Waals surface area contributed by atoms with Gasteiger partial charge < -0.3 is 0 Å². The minimum absolute atomic E-state index is 0.177. The van der Waals surface area contributed by atoms with Crippen LogP contribution in [0, 0.1) is 3.57 Å². The molecule has 19 heavy (non-hydrogen) atoms. The van der Waals surface area contributed by atoms with Crippen LogP contribution < -0.4 is 4.72 Å². The summed E-state index contributed by atoms with van der Waals surface area (Å²) in [6.45, 7) is 1.90. The van der Waals surface area contributed by atoms with Crippen molar-refractivity contribution in [3.05, 3.63) is 27.1 Å². The first kappa shape index (κ1) is 13.6. The third kappa shape index (κ3) is 2.48. The molecule has 8 heteroatoms. The Morgan fingerprint density at radius 1 is 1.47 bits per heavy atom. The third-order valence-corrected chi connectivity index (χ3v) is 5.91. The molecule has 0 aromatic carbocycles. The Morgan fingerprint density at radius 2 is 2.16 bits per heavy atom. The van der Waals surface area contributed by atoms with Gasteiger partial charge in [-0.1, -0.05) is 11.6 Å². The Kier molecular flexibility index (Phi) is 3.08. The number of fused-ring (bicyclic) bond motifs is 1. The molecular weight excluding hydrogens is 401 g/mol. The van der Waals surface area contributed by atoms with Gasteiger partial charge in [0.1, 0.15) is 5.15 Å². The van der Waals surface area contributed by atoms with Gasteiger partial charge in [-0.15, -0.1) is 0 Å². The number of rotatable bonds is 3. The average molecular weight is 412 g/mol. The number of pyridine rings is 1. The van der Waals surface area contributed by atoms with Crippen molar-refractivity contribution in [2.75, 3.05) is 0 Å². The zero-order chi connectivity index (χ0) is 13.8. The van der Waals surface area contributed by atoms with Gasteiger partial charge in [-0.2, -0.15) is 5.10 Å². The molecule has 1 fully saturated rings. The third-order valence-electron chi connectivity index (χ3n) is 3.19. The van der Waals surface area contributed by atoms with Crippen LogP contribution in [0.3, 0.4) is 0 Å². The maximum absolute atomic E-state index is 12.3. The van der Waals surface area contributed by atoms with Crippen LogP contribution in [0.2, 0.25) is 5.15 Å². The molecule has 0 unspecified atom stereocenters. The van der Waals surface area contributed by atoms with E-state index in [0.29, 0.717) is 5.52 Å². The lowest BCUT2D eigenvalue weighted by Crippen LogP contribution is -2.34. The molecule has 1 saturated carbocycles. The molecule has 102 valence electrons. The van der Waals surface area contributed by atoms with Gasteiger partial charge in [0.2, 0.25) is 10.0 Å². The second kappa shape index (κ2) is 4.31. The van der Waals surface area contributed by atoms with E-state index in [9.17, 15) is 8.42 Å². The van der Waals surface area contributed by atoms with Crippen LogP contribution in [0.4, 0.5) is 0 Å². The van der Waals surface area contributed by atoms with Gasteiger partial charge in [0.25, 0.3) is 0 Å². The van der Waals surface area contributed by atoms with Crippen molar-refractivity contribution in [1.82, 2.24) is 14.3 Å². The van der Waals surface area contributed by atoms with Crippen molar-refractivity contribution in [1.29, 1.82) is 0 Å². The Hall–Kier alpha value is -0.380. The van der Waals surface area contributed by atoms with Crippen LogP contribution in [0.25, 0.3) is 5.52 Å². The number of nitrogens with zero attached hydrogens (tertiary/aromatic N) is 2. The van der Waals surface area contributed by atoms with E-state index in [4.69, 9.17) is 11.6 Å². The second-order valence-corrected chi connectivity index (χ2v) is 8.20. The molecule has 0 spiro atoms. The molecule has 0 radical (unpaired) electrons. The van der Waals surface area contributed by atoms with Gasteiger partial charge in [-0.25, -0.2) is 17.7 Å². The van der Waals surface area contributed by atoms with Gasteiger partial charge in [0.05, 0.1) is 20.2 Å². The van der Waals surface area contributed by atoms with E-state index in [1.165, 1.54) is 10.6 Å². The van der Waals surface area contributed by atoms with Crippen molar-refractivity contribution in [3.63, 3.8) is 0 Å². The highest BCUT2D eigenvalue weighted by molar-refractivity contribution is 14.1. The number of nitrogens with one attached hydrogen (secondary N) is 1. The number of sulfonamides is 1. The molecule has 2 aromatic rings. The molecule has 0 amide bonds. The molecule has 3 rings (SSSR count). The van der Waals surface area contributed by atoms with Crippen LogP contribution >= 0.6 is 34.2 Å². The van der Waals surface area contributed by atoms with E-state index in [0.717, 1.165) is 16.4 Å². The molecule has 1 N–H and O–H groups in total. The number of hydrogen-bond acceptors (Lipinski definition) is 3. The largest absolute Gasteiger partial charge is 0.241 e. The van der Waals surface area contributed by atoms with Gasteiger partial charge in [-0.05, 0) is 54.5 Å². The second-order valence-electron chi connectivity index (χ2n) is 4.97. The van der Waals surface area contributed by atoms with Crippen LogP contribution in [-0.2, 0) is 10.0 Å². The Morgan fingerprint density at radius 3 is 2.79 bits per heavy atom. The number of hydrogen-bond donors (Lipinski definition) is 1. The maximum Gasteiger partial charge on any atom is 0.241 e. The quantitative estimate of drug-likeness (QED) is 0.623. The van der Waals surface area contributed by atoms with E-state index in [2.05, 4.69) is 32.4 Å². The predicted octanol–water partition coefficient (Wildman–Crippen LogP) is 2.42. The highest BCUT2D eigenvalue weighted by Gasteiger charge is 2.41. The van der Waals surface area contributed by atoms with E-state index in [1.54, 1.807) is 12.3 Å². The van der Waals surface area contributed by atoms with Gasteiger partial charge >= 0.3 is 0 Å².